The molecule has 0 bridgehead atoms. The molecule has 18 heavy (non-hydrogen) atoms. The van der Waals surface area contributed by atoms with Crippen LogP contribution < -0.4 is 5.32 Å². The van der Waals surface area contributed by atoms with Crippen molar-refractivity contribution >= 4 is 10.8 Å². The predicted molar refractivity (Wildman–Crippen MR) is 76.2 cm³/mol. The molecule has 2 aliphatic rings. The topological polar surface area (TPSA) is 29.1 Å². The van der Waals surface area contributed by atoms with Crippen LogP contribution in [0.15, 0.2) is 24.3 Å². The summed E-state index contributed by atoms with van der Waals surface area (Å²) >= 11 is 0. The van der Waals surface area contributed by atoms with E-state index in [2.05, 4.69) is 43.4 Å². The molecule has 5 unspecified atom stereocenters. The summed E-state index contributed by atoms with van der Waals surface area (Å²) in [7, 11) is -0.677. The van der Waals surface area contributed by atoms with E-state index < -0.39 is 10.8 Å². The molecule has 1 aliphatic heterocycles. The second-order valence-corrected chi connectivity index (χ2v) is 7.30. The minimum absolute atomic E-state index is 0.303. The van der Waals surface area contributed by atoms with Crippen molar-refractivity contribution in [2.75, 3.05) is 5.75 Å². The third-order valence-corrected chi connectivity index (χ3v) is 6.30. The van der Waals surface area contributed by atoms with E-state index in [4.69, 9.17) is 0 Å². The molecule has 5 atom stereocenters. The first-order chi connectivity index (χ1) is 8.70. The molecule has 1 aliphatic carbocycles. The molecule has 98 valence electrons. The fourth-order valence-corrected chi connectivity index (χ4v) is 5.38. The van der Waals surface area contributed by atoms with Gasteiger partial charge in [0.15, 0.2) is 0 Å². The average Bonchev–Trinajstić information content (AvgIpc) is 2.40. The summed E-state index contributed by atoms with van der Waals surface area (Å²) in [5.74, 6) is 1.36. The van der Waals surface area contributed by atoms with Crippen molar-refractivity contribution in [1.82, 2.24) is 5.32 Å². The highest BCUT2D eigenvalue weighted by Crippen LogP contribution is 2.41. The highest BCUT2D eigenvalue weighted by atomic mass is 32.2. The van der Waals surface area contributed by atoms with Gasteiger partial charge in [0.25, 0.3) is 0 Å². The largest absolute Gasteiger partial charge is 0.305 e. The van der Waals surface area contributed by atoms with E-state index in [9.17, 15) is 4.21 Å². The molecular weight excluding hydrogens is 242 g/mol. The lowest BCUT2D eigenvalue weighted by Gasteiger charge is -2.42. The van der Waals surface area contributed by atoms with Crippen LogP contribution in [0.5, 0.6) is 0 Å². The first-order valence-corrected chi connectivity index (χ1v) is 8.31. The Morgan fingerprint density at radius 2 is 2.06 bits per heavy atom. The van der Waals surface area contributed by atoms with Gasteiger partial charge in [-0.2, -0.15) is 0 Å². The zero-order valence-electron chi connectivity index (χ0n) is 11.1. The number of nitrogens with one attached hydrogen (secondary N) is 1. The normalized spacial score (nSPS) is 38.9. The minimum atomic E-state index is -0.677. The van der Waals surface area contributed by atoms with Crippen LogP contribution in [0.2, 0.25) is 0 Å². The molecule has 0 amide bonds. The van der Waals surface area contributed by atoms with Crippen LogP contribution in [0, 0.1) is 0 Å². The minimum Gasteiger partial charge on any atom is -0.305 e. The van der Waals surface area contributed by atoms with Gasteiger partial charge in [-0.25, -0.2) is 0 Å². The summed E-state index contributed by atoms with van der Waals surface area (Å²) in [4.78, 5) is 0. The van der Waals surface area contributed by atoms with Gasteiger partial charge in [-0.3, -0.25) is 4.21 Å². The van der Waals surface area contributed by atoms with E-state index in [1.165, 1.54) is 11.1 Å². The first kappa shape index (κ1) is 12.4. The number of hydrogen-bond acceptors (Lipinski definition) is 2. The summed E-state index contributed by atoms with van der Waals surface area (Å²) in [6.45, 7) is 4.44. The first-order valence-electron chi connectivity index (χ1n) is 6.92. The number of hydrogen-bond donors (Lipinski definition) is 1. The Morgan fingerprint density at radius 3 is 2.78 bits per heavy atom. The number of benzene rings is 1. The zero-order chi connectivity index (χ0) is 12.7. The number of rotatable bonds is 1. The van der Waals surface area contributed by atoms with Gasteiger partial charge < -0.3 is 5.32 Å². The zero-order valence-corrected chi connectivity index (χ0v) is 11.9. The molecule has 0 spiro atoms. The van der Waals surface area contributed by atoms with Crippen molar-refractivity contribution in [1.29, 1.82) is 0 Å². The molecule has 1 aromatic rings. The van der Waals surface area contributed by atoms with Crippen molar-refractivity contribution in [3.05, 3.63) is 35.4 Å². The third-order valence-electron chi connectivity index (χ3n) is 4.43. The van der Waals surface area contributed by atoms with Gasteiger partial charge in [0.1, 0.15) is 0 Å². The van der Waals surface area contributed by atoms with Crippen molar-refractivity contribution in [2.45, 2.75) is 49.9 Å². The van der Waals surface area contributed by atoms with Crippen LogP contribution in [0.1, 0.15) is 49.8 Å². The number of fused-ring (bicyclic) bond motifs is 3. The van der Waals surface area contributed by atoms with E-state index in [1.54, 1.807) is 0 Å². The Bertz CT molecular complexity index is 473. The lowest BCUT2D eigenvalue weighted by Crippen LogP contribution is -2.51. The van der Waals surface area contributed by atoms with Gasteiger partial charge in [-0.15, -0.1) is 0 Å². The Morgan fingerprint density at radius 1 is 1.33 bits per heavy atom. The Hall–Kier alpha value is -0.670. The second kappa shape index (κ2) is 4.78. The van der Waals surface area contributed by atoms with Crippen LogP contribution in [0.4, 0.5) is 0 Å². The fraction of sp³-hybridized carbons (Fsp3) is 0.600. The Balaban J connectivity index is 2.01. The highest BCUT2D eigenvalue weighted by molar-refractivity contribution is 7.85. The standard InChI is InChI=1S/C15H21NOS/c1-3-11-9-18(17)14-8-10(2)12-6-4-5-7-13(12)15(14)16-11/h4-7,10-11,14-16H,3,8-9H2,1-2H3. The monoisotopic (exact) mass is 263 g/mol. The molecule has 3 rings (SSSR count). The Labute approximate surface area is 112 Å². The molecule has 1 N–H and O–H groups in total. The maximum Gasteiger partial charge on any atom is 0.0549 e. The van der Waals surface area contributed by atoms with E-state index in [-0.39, 0.29) is 0 Å². The van der Waals surface area contributed by atoms with E-state index in [0.29, 0.717) is 23.3 Å². The fourth-order valence-electron chi connectivity index (χ4n) is 3.37. The predicted octanol–water partition coefficient (Wildman–Crippen LogP) is 2.73. The summed E-state index contributed by atoms with van der Waals surface area (Å²) in [5.41, 5.74) is 2.83. The maximum atomic E-state index is 12.4. The van der Waals surface area contributed by atoms with Crippen molar-refractivity contribution < 1.29 is 4.21 Å². The highest BCUT2D eigenvalue weighted by Gasteiger charge is 2.40. The van der Waals surface area contributed by atoms with E-state index >= 15 is 0 Å². The summed E-state index contributed by atoms with van der Waals surface area (Å²) in [6, 6.07) is 9.38. The molecule has 1 heterocycles. The van der Waals surface area contributed by atoms with Gasteiger partial charge in [-0.05, 0) is 29.9 Å². The summed E-state index contributed by atoms with van der Waals surface area (Å²) in [5, 5.41) is 4.02. The lowest BCUT2D eigenvalue weighted by molar-refractivity contribution is 0.373. The molecule has 3 heteroatoms. The molecule has 1 saturated heterocycles. The van der Waals surface area contributed by atoms with Crippen LogP contribution >= 0.6 is 0 Å². The van der Waals surface area contributed by atoms with Crippen molar-refractivity contribution in [3.63, 3.8) is 0 Å². The Kier molecular flexibility index (Phi) is 3.29. The molecule has 1 fully saturated rings. The SMILES string of the molecule is CCC1CS(=O)C2CC(C)c3ccccc3C2N1. The van der Waals surface area contributed by atoms with Crippen LogP contribution in [0.3, 0.4) is 0 Å². The lowest BCUT2D eigenvalue weighted by atomic mass is 9.80. The molecule has 2 nitrogen and oxygen atoms in total. The third kappa shape index (κ3) is 1.94. The van der Waals surface area contributed by atoms with Crippen molar-refractivity contribution in [2.24, 2.45) is 0 Å². The average molecular weight is 263 g/mol. The van der Waals surface area contributed by atoms with Crippen LogP contribution in [-0.2, 0) is 10.8 Å². The van der Waals surface area contributed by atoms with E-state index in [1.807, 2.05) is 0 Å². The van der Waals surface area contributed by atoms with Crippen LogP contribution in [0.25, 0.3) is 0 Å². The van der Waals surface area contributed by atoms with Crippen molar-refractivity contribution in [3.8, 4) is 0 Å². The van der Waals surface area contributed by atoms with Gasteiger partial charge >= 0.3 is 0 Å². The van der Waals surface area contributed by atoms with Gasteiger partial charge in [0.2, 0.25) is 0 Å². The quantitative estimate of drug-likeness (QED) is 0.844. The molecular formula is C15H21NOS. The van der Waals surface area contributed by atoms with Gasteiger partial charge in [0, 0.05) is 28.6 Å². The molecule has 1 aromatic carbocycles. The molecule has 0 saturated carbocycles. The second-order valence-electron chi connectivity index (χ2n) is 5.60. The van der Waals surface area contributed by atoms with E-state index in [0.717, 1.165) is 18.6 Å². The molecule has 0 radical (unpaired) electrons. The van der Waals surface area contributed by atoms with Gasteiger partial charge in [-0.1, -0.05) is 38.1 Å². The maximum absolute atomic E-state index is 12.4. The summed E-state index contributed by atoms with van der Waals surface area (Å²) in [6.07, 6.45) is 2.12. The van der Waals surface area contributed by atoms with Gasteiger partial charge in [0.05, 0.1) is 5.25 Å². The van der Waals surface area contributed by atoms with Crippen LogP contribution in [-0.4, -0.2) is 21.3 Å². The molecule has 0 aromatic heterocycles. The smallest absolute Gasteiger partial charge is 0.0549 e. The summed E-state index contributed by atoms with van der Waals surface area (Å²) < 4.78 is 12.4.